The number of nitrogens with zero attached hydrogens (tertiary/aromatic N) is 7. The van der Waals surface area contributed by atoms with Gasteiger partial charge in [-0.05, 0) is 166 Å². The second-order valence-corrected chi connectivity index (χ2v) is 24.0. The van der Waals surface area contributed by atoms with Crippen LogP contribution in [0.4, 0.5) is 0 Å². The van der Waals surface area contributed by atoms with Crippen molar-refractivity contribution in [2.45, 2.75) is 0 Å². The summed E-state index contributed by atoms with van der Waals surface area (Å²) in [6.07, 6.45) is 0. The molecule has 426 valence electrons. The third-order valence-electron chi connectivity index (χ3n) is 19.0. The van der Waals surface area contributed by atoms with E-state index in [1.807, 2.05) is 24.3 Å². The normalized spacial score (nSPS) is 11.9. The predicted molar refractivity (Wildman–Crippen MR) is 381 cm³/mol. The lowest BCUT2D eigenvalue weighted by Crippen LogP contribution is -2.04. The third kappa shape index (κ3) is 7.88. The number of benzene rings is 14. The first-order valence-corrected chi connectivity index (χ1v) is 31.2. The zero-order chi connectivity index (χ0) is 60.5. The van der Waals surface area contributed by atoms with Crippen LogP contribution >= 0.6 is 0 Å². The van der Waals surface area contributed by atoms with Crippen molar-refractivity contribution in [2.24, 2.45) is 0 Å². The van der Waals surface area contributed by atoms with Crippen LogP contribution in [-0.2, 0) is 0 Å². The van der Waals surface area contributed by atoms with Gasteiger partial charge in [-0.3, -0.25) is 4.57 Å². The number of hydrogen-bond acceptors (Lipinski definition) is 3. The van der Waals surface area contributed by atoms with Crippen LogP contribution in [0.2, 0.25) is 0 Å². The maximum Gasteiger partial charge on any atom is 0.235 e. The summed E-state index contributed by atoms with van der Waals surface area (Å²) in [6.45, 7) is 0. The summed E-state index contributed by atoms with van der Waals surface area (Å²) in [5, 5.41) is 22.0. The van der Waals surface area contributed by atoms with Crippen LogP contribution in [0, 0.1) is 11.3 Å². The van der Waals surface area contributed by atoms with Crippen molar-refractivity contribution in [2.75, 3.05) is 0 Å². The zero-order valence-electron chi connectivity index (χ0n) is 49.6. The summed E-state index contributed by atoms with van der Waals surface area (Å²) in [6, 6.07) is 114. The van der Waals surface area contributed by atoms with Gasteiger partial charge < -0.3 is 13.7 Å². The lowest BCUT2D eigenvalue weighted by molar-refractivity contribution is 1.02. The summed E-state index contributed by atoms with van der Waals surface area (Å²) in [7, 11) is 0. The minimum atomic E-state index is 0.622. The molecule has 0 aliphatic heterocycles. The van der Waals surface area contributed by atoms with Crippen molar-refractivity contribution in [3.63, 3.8) is 0 Å². The van der Waals surface area contributed by atoms with Gasteiger partial charge in [0.15, 0.2) is 0 Å². The Bertz CT molecular complexity index is 6300. The highest BCUT2D eigenvalue weighted by molar-refractivity contribution is 6.16. The Morgan fingerprint density at radius 2 is 0.609 bits per heavy atom. The highest BCUT2D eigenvalue weighted by atomic mass is 15.2. The summed E-state index contributed by atoms with van der Waals surface area (Å²) < 4.78 is 9.40. The van der Waals surface area contributed by atoms with Crippen LogP contribution in [0.5, 0.6) is 0 Å². The molecule has 0 N–H and O–H groups in total. The Morgan fingerprint density at radius 3 is 1.10 bits per heavy atom. The molecule has 0 unspecified atom stereocenters. The number of hydrogen-bond donors (Lipinski definition) is 0. The predicted octanol–water partition coefficient (Wildman–Crippen LogP) is 21.7. The van der Waals surface area contributed by atoms with Gasteiger partial charge in [0.05, 0.1) is 67.0 Å². The first-order valence-electron chi connectivity index (χ1n) is 31.2. The zero-order valence-corrected chi connectivity index (χ0v) is 49.6. The van der Waals surface area contributed by atoms with Crippen molar-refractivity contribution >= 4 is 109 Å². The fraction of sp³-hybridized carbons (Fsp3) is 0. The number of fused-ring (bicyclic) bond motifs is 15. The molecule has 7 heteroatoms. The average Bonchev–Trinajstić information content (AvgIpc) is 1.57. The molecule has 14 aromatic carbocycles. The molecule has 0 saturated heterocycles. The van der Waals surface area contributed by atoms with Crippen LogP contribution < -0.4 is 0 Å². The molecule has 0 fully saturated rings. The van der Waals surface area contributed by atoms with Gasteiger partial charge in [0.2, 0.25) is 5.95 Å². The smallest absolute Gasteiger partial charge is 0.235 e. The fourth-order valence-corrected chi connectivity index (χ4v) is 14.7. The van der Waals surface area contributed by atoms with Crippen molar-refractivity contribution in [1.82, 2.24) is 28.2 Å². The second-order valence-electron chi connectivity index (χ2n) is 24.0. The highest BCUT2D eigenvalue weighted by Crippen LogP contribution is 2.43. The molecule has 7 nitrogen and oxygen atoms in total. The Morgan fingerprint density at radius 1 is 0.239 bits per heavy atom. The minimum absolute atomic E-state index is 0.622. The molecule has 92 heavy (non-hydrogen) atoms. The maximum atomic E-state index is 9.35. The molecule has 19 rings (SSSR count). The molecule has 0 amide bonds. The third-order valence-corrected chi connectivity index (χ3v) is 19.0. The van der Waals surface area contributed by atoms with Crippen LogP contribution in [0.3, 0.4) is 0 Å². The molecule has 5 aromatic heterocycles. The standard InChI is InChI=1S/C85H51N7/c86-52-53-27-29-54(30-28-53)55-31-38-63(39-32-55)90-76-24-12-8-20-67(76)72-49-57(35-44-80(72)90)59-36-45-81-73(50-59)68-21-9-13-25-77(68)91(81)64-40-42-65-61(47-64)33-41-70-83(56-15-3-1-4-16-56)87-85(88-84(65)70)92-78-26-14-10-22-69(78)74-51-60(37-46-82(74)92)58-34-43-79-71(48-58)66-19-7-11-23-75(66)89(79)62-17-5-2-6-18-62/h1-51H. The van der Waals surface area contributed by atoms with E-state index in [0.29, 0.717) is 11.5 Å². The molecule has 0 aliphatic carbocycles. The number of rotatable bonds is 8. The molecule has 0 saturated carbocycles. The quantitative estimate of drug-likeness (QED) is 0.142. The van der Waals surface area contributed by atoms with Crippen LogP contribution in [0.25, 0.3) is 177 Å². The van der Waals surface area contributed by atoms with Gasteiger partial charge in [0, 0.05) is 76.5 Å². The highest BCUT2D eigenvalue weighted by Gasteiger charge is 2.22. The Labute approximate surface area is 528 Å². The topological polar surface area (TPSA) is 69.3 Å². The molecule has 5 heterocycles. The van der Waals surface area contributed by atoms with Crippen molar-refractivity contribution in [3.05, 3.63) is 315 Å². The number of para-hydroxylation sites is 5. The Kier molecular flexibility index (Phi) is 11.3. The van der Waals surface area contributed by atoms with E-state index >= 15 is 0 Å². The molecular weight excluding hydrogens is 1120 g/mol. The van der Waals surface area contributed by atoms with E-state index in [4.69, 9.17) is 9.97 Å². The van der Waals surface area contributed by atoms with Gasteiger partial charge in [-0.1, -0.05) is 182 Å². The molecule has 0 aliphatic rings. The van der Waals surface area contributed by atoms with Crippen molar-refractivity contribution in [3.8, 4) is 73.7 Å². The van der Waals surface area contributed by atoms with E-state index in [0.717, 1.165) is 127 Å². The molecular formula is C85H51N7. The van der Waals surface area contributed by atoms with Crippen LogP contribution in [0.15, 0.2) is 309 Å². The number of aromatic nitrogens is 6. The summed E-state index contributed by atoms with van der Waals surface area (Å²) >= 11 is 0. The minimum Gasteiger partial charge on any atom is -0.309 e. The summed E-state index contributed by atoms with van der Waals surface area (Å²) in [5.41, 5.74) is 22.7. The largest absolute Gasteiger partial charge is 0.309 e. The van der Waals surface area contributed by atoms with Crippen LogP contribution in [0.1, 0.15) is 5.56 Å². The van der Waals surface area contributed by atoms with Crippen molar-refractivity contribution < 1.29 is 0 Å². The molecule has 0 atom stereocenters. The first-order chi connectivity index (χ1) is 45.6. The molecule has 0 bridgehead atoms. The number of nitriles is 1. The maximum absolute atomic E-state index is 9.35. The molecule has 0 radical (unpaired) electrons. The molecule has 0 spiro atoms. The van der Waals surface area contributed by atoms with Gasteiger partial charge in [0.1, 0.15) is 0 Å². The van der Waals surface area contributed by atoms with Gasteiger partial charge in [0.25, 0.3) is 0 Å². The second kappa shape index (κ2) is 20.2. The first kappa shape index (κ1) is 51.4. The van der Waals surface area contributed by atoms with Gasteiger partial charge >= 0.3 is 0 Å². The van der Waals surface area contributed by atoms with E-state index in [2.05, 4.69) is 309 Å². The Balaban J connectivity index is 0.715. The lowest BCUT2D eigenvalue weighted by atomic mass is 10.0. The van der Waals surface area contributed by atoms with Crippen LogP contribution in [-0.4, -0.2) is 28.2 Å². The SMILES string of the molecule is N#Cc1ccc(-c2ccc(-n3c4ccccc4c4cc(-c5ccc6c(c5)c5ccccc5n6-c5ccc6c(ccc7c(-c8ccccc8)nc(-n8c9ccccc9c9cc(-c%10ccc%11c(c%10)c%10ccccc%10n%11-c%10ccccc%10)ccc98)nc76)c5)ccc43)cc2)cc1. The Hall–Kier alpha value is -12.6. The summed E-state index contributed by atoms with van der Waals surface area (Å²) in [5.74, 6) is 0.622. The van der Waals surface area contributed by atoms with E-state index in [-0.39, 0.29) is 0 Å². The van der Waals surface area contributed by atoms with Gasteiger partial charge in [-0.15, -0.1) is 0 Å². The van der Waals surface area contributed by atoms with E-state index in [9.17, 15) is 5.26 Å². The van der Waals surface area contributed by atoms with Gasteiger partial charge in [-0.25, -0.2) is 9.97 Å². The van der Waals surface area contributed by atoms with E-state index in [1.165, 1.54) is 43.4 Å². The average molecular weight is 1170 g/mol. The van der Waals surface area contributed by atoms with Crippen molar-refractivity contribution in [1.29, 1.82) is 5.26 Å². The van der Waals surface area contributed by atoms with E-state index in [1.54, 1.807) is 0 Å². The van der Waals surface area contributed by atoms with Gasteiger partial charge in [-0.2, -0.15) is 5.26 Å². The fourth-order valence-electron chi connectivity index (χ4n) is 14.7. The lowest BCUT2D eigenvalue weighted by Gasteiger charge is -2.14. The summed E-state index contributed by atoms with van der Waals surface area (Å²) in [4.78, 5) is 11.2. The van der Waals surface area contributed by atoms with E-state index < -0.39 is 0 Å². The molecule has 19 aromatic rings. The monoisotopic (exact) mass is 1170 g/mol.